The molecule has 1 saturated heterocycles. The molecular weight excluding hydrogens is 258 g/mol. The van der Waals surface area contributed by atoms with Gasteiger partial charge in [0.25, 0.3) is 0 Å². The van der Waals surface area contributed by atoms with Gasteiger partial charge < -0.3 is 4.57 Å². The quantitative estimate of drug-likeness (QED) is 0.857. The Morgan fingerprint density at radius 1 is 1.14 bits per heavy atom. The summed E-state index contributed by atoms with van der Waals surface area (Å²) in [7, 11) is 1.92. The number of nitriles is 1. The molecule has 0 radical (unpaired) electrons. The Balaban J connectivity index is 1.90. The van der Waals surface area contributed by atoms with Crippen molar-refractivity contribution in [2.75, 3.05) is 13.1 Å². The second-order valence-electron chi connectivity index (χ2n) is 5.88. The van der Waals surface area contributed by atoms with Crippen LogP contribution in [0.15, 0.2) is 36.5 Å². The molecule has 0 amide bonds. The molecule has 1 atom stereocenters. The minimum atomic E-state index is 0.464. The molecule has 3 nitrogen and oxygen atoms in total. The molecular formula is C18H21N3. The van der Waals surface area contributed by atoms with Crippen molar-refractivity contribution in [2.24, 2.45) is 7.05 Å². The molecule has 1 unspecified atom stereocenters. The van der Waals surface area contributed by atoms with Gasteiger partial charge in [0.15, 0.2) is 0 Å². The predicted octanol–water partition coefficient (Wildman–Crippen LogP) is 3.72. The van der Waals surface area contributed by atoms with Crippen molar-refractivity contribution in [1.82, 2.24) is 9.47 Å². The molecule has 0 saturated carbocycles. The fourth-order valence-corrected chi connectivity index (χ4v) is 3.15. The van der Waals surface area contributed by atoms with Crippen LogP contribution in [-0.2, 0) is 7.05 Å². The number of benzene rings is 1. The van der Waals surface area contributed by atoms with Crippen LogP contribution in [0.4, 0.5) is 0 Å². The first-order chi connectivity index (χ1) is 10.2. The van der Waals surface area contributed by atoms with Crippen molar-refractivity contribution in [3.63, 3.8) is 0 Å². The van der Waals surface area contributed by atoms with Gasteiger partial charge in [0.1, 0.15) is 11.8 Å². The van der Waals surface area contributed by atoms with E-state index in [4.69, 9.17) is 5.26 Å². The summed E-state index contributed by atoms with van der Waals surface area (Å²) in [6.07, 6.45) is 4.65. The normalized spacial score (nSPS) is 16.8. The van der Waals surface area contributed by atoms with Gasteiger partial charge in [-0.3, -0.25) is 4.90 Å². The van der Waals surface area contributed by atoms with Crippen LogP contribution in [0.2, 0.25) is 0 Å². The van der Waals surface area contributed by atoms with E-state index in [0.29, 0.717) is 11.7 Å². The Kier molecular flexibility index (Phi) is 3.81. The highest BCUT2D eigenvalue weighted by atomic mass is 15.2. The zero-order chi connectivity index (χ0) is 14.8. The summed E-state index contributed by atoms with van der Waals surface area (Å²) < 4.78 is 1.88. The van der Waals surface area contributed by atoms with E-state index in [0.717, 1.165) is 5.56 Å². The standard InChI is InChI=1S/C18H21N3/c1-14(21-8-3-4-9-21)15-6-5-7-16(10-15)17-11-18(12-19)20(2)13-17/h5-7,10-11,13-14H,3-4,8-9H2,1-2H3. The Labute approximate surface area is 126 Å². The first-order valence-electron chi connectivity index (χ1n) is 7.60. The van der Waals surface area contributed by atoms with Gasteiger partial charge in [-0.25, -0.2) is 0 Å². The second-order valence-corrected chi connectivity index (χ2v) is 5.88. The van der Waals surface area contributed by atoms with Crippen LogP contribution in [0.1, 0.15) is 37.1 Å². The number of aryl methyl sites for hydroxylation is 1. The fraction of sp³-hybridized carbons (Fsp3) is 0.389. The van der Waals surface area contributed by atoms with Crippen molar-refractivity contribution in [2.45, 2.75) is 25.8 Å². The van der Waals surface area contributed by atoms with Crippen molar-refractivity contribution in [3.05, 3.63) is 47.8 Å². The highest BCUT2D eigenvalue weighted by Crippen LogP contribution is 2.29. The third-order valence-corrected chi connectivity index (χ3v) is 4.51. The summed E-state index contributed by atoms with van der Waals surface area (Å²) in [6, 6.07) is 13.4. The lowest BCUT2D eigenvalue weighted by Crippen LogP contribution is -2.23. The van der Waals surface area contributed by atoms with Crippen molar-refractivity contribution >= 4 is 0 Å². The molecule has 1 aliphatic rings. The van der Waals surface area contributed by atoms with E-state index in [1.54, 1.807) is 0 Å². The summed E-state index contributed by atoms with van der Waals surface area (Å²) in [5.41, 5.74) is 4.36. The first kappa shape index (κ1) is 13.9. The van der Waals surface area contributed by atoms with Crippen LogP contribution in [0.3, 0.4) is 0 Å². The molecule has 0 aliphatic carbocycles. The number of hydrogen-bond donors (Lipinski definition) is 0. The van der Waals surface area contributed by atoms with Gasteiger partial charge in [-0.1, -0.05) is 18.2 Å². The summed E-state index contributed by atoms with van der Waals surface area (Å²) in [5.74, 6) is 0. The van der Waals surface area contributed by atoms with E-state index in [1.165, 1.54) is 37.1 Å². The van der Waals surface area contributed by atoms with E-state index >= 15 is 0 Å². The van der Waals surface area contributed by atoms with Gasteiger partial charge in [-0.05, 0) is 56.1 Å². The molecule has 2 aromatic rings. The van der Waals surface area contributed by atoms with E-state index in [2.05, 4.69) is 42.2 Å². The van der Waals surface area contributed by atoms with Crippen LogP contribution < -0.4 is 0 Å². The molecule has 3 rings (SSSR count). The Morgan fingerprint density at radius 3 is 2.57 bits per heavy atom. The van der Waals surface area contributed by atoms with E-state index in [-0.39, 0.29) is 0 Å². The third-order valence-electron chi connectivity index (χ3n) is 4.51. The molecule has 0 bridgehead atoms. The van der Waals surface area contributed by atoms with Crippen LogP contribution >= 0.6 is 0 Å². The average molecular weight is 279 g/mol. The average Bonchev–Trinajstić information content (AvgIpc) is 3.16. The minimum Gasteiger partial charge on any atom is -0.342 e. The molecule has 1 aromatic carbocycles. The van der Waals surface area contributed by atoms with Gasteiger partial charge in [0, 0.05) is 24.8 Å². The Bertz CT molecular complexity index is 672. The van der Waals surface area contributed by atoms with Gasteiger partial charge in [-0.15, -0.1) is 0 Å². The zero-order valence-electron chi connectivity index (χ0n) is 12.7. The molecule has 0 N–H and O–H groups in total. The lowest BCUT2D eigenvalue weighted by molar-refractivity contribution is 0.263. The smallest absolute Gasteiger partial charge is 0.120 e. The van der Waals surface area contributed by atoms with Gasteiger partial charge in [0.05, 0.1) is 0 Å². The zero-order valence-corrected chi connectivity index (χ0v) is 12.7. The monoisotopic (exact) mass is 279 g/mol. The van der Waals surface area contributed by atoms with Crippen molar-refractivity contribution in [3.8, 4) is 17.2 Å². The number of aromatic nitrogens is 1. The summed E-state index contributed by atoms with van der Waals surface area (Å²) in [6.45, 7) is 4.70. The molecule has 1 fully saturated rings. The topological polar surface area (TPSA) is 32.0 Å². The largest absolute Gasteiger partial charge is 0.342 e. The first-order valence-corrected chi connectivity index (χ1v) is 7.60. The maximum absolute atomic E-state index is 9.09. The Hall–Kier alpha value is -2.05. The number of hydrogen-bond acceptors (Lipinski definition) is 2. The molecule has 3 heteroatoms. The van der Waals surface area contributed by atoms with Crippen LogP contribution in [0, 0.1) is 11.3 Å². The van der Waals surface area contributed by atoms with E-state index in [9.17, 15) is 0 Å². The lowest BCUT2D eigenvalue weighted by Gasteiger charge is -2.24. The number of nitrogens with zero attached hydrogens (tertiary/aromatic N) is 3. The van der Waals surface area contributed by atoms with Crippen LogP contribution in [0.25, 0.3) is 11.1 Å². The molecule has 0 spiro atoms. The Morgan fingerprint density at radius 2 is 1.90 bits per heavy atom. The minimum absolute atomic E-state index is 0.464. The number of likely N-dealkylation sites (tertiary alicyclic amines) is 1. The summed E-state index contributed by atoms with van der Waals surface area (Å²) >= 11 is 0. The SMILES string of the molecule is CC(c1cccc(-c2cc(C#N)n(C)c2)c1)N1CCCC1. The lowest BCUT2D eigenvalue weighted by atomic mass is 10.0. The van der Waals surface area contributed by atoms with Crippen LogP contribution in [-0.4, -0.2) is 22.6 Å². The fourth-order valence-electron chi connectivity index (χ4n) is 3.15. The predicted molar refractivity (Wildman–Crippen MR) is 84.8 cm³/mol. The molecule has 21 heavy (non-hydrogen) atoms. The maximum atomic E-state index is 9.09. The maximum Gasteiger partial charge on any atom is 0.120 e. The second kappa shape index (κ2) is 5.75. The van der Waals surface area contributed by atoms with Gasteiger partial charge in [0.2, 0.25) is 0 Å². The molecule has 1 aromatic heterocycles. The highest BCUT2D eigenvalue weighted by Gasteiger charge is 2.19. The third kappa shape index (κ3) is 2.72. The molecule has 108 valence electrons. The molecule has 2 heterocycles. The van der Waals surface area contributed by atoms with Gasteiger partial charge in [-0.2, -0.15) is 5.26 Å². The van der Waals surface area contributed by atoms with E-state index < -0.39 is 0 Å². The van der Waals surface area contributed by atoms with E-state index in [1.807, 2.05) is 23.9 Å². The summed E-state index contributed by atoms with van der Waals surface area (Å²) in [5, 5.41) is 9.09. The highest BCUT2D eigenvalue weighted by molar-refractivity contribution is 5.65. The number of rotatable bonds is 3. The van der Waals surface area contributed by atoms with Crippen LogP contribution in [0.5, 0.6) is 0 Å². The van der Waals surface area contributed by atoms with Crippen molar-refractivity contribution in [1.29, 1.82) is 5.26 Å². The van der Waals surface area contributed by atoms with Crippen molar-refractivity contribution < 1.29 is 0 Å². The molecule has 1 aliphatic heterocycles. The van der Waals surface area contributed by atoms with Gasteiger partial charge >= 0.3 is 0 Å². The summed E-state index contributed by atoms with van der Waals surface area (Å²) in [4.78, 5) is 2.55.